The topological polar surface area (TPSA) is 80.9 Å². The van der Waals surface area contributed by atoms with Crippen LogP contribution in [0.3, 0.4) is 0 Å². The molecule has 1 atom stereocenters. The molecule has 1 unspecified atom stereocenters. The highest BCUT2D eigenvalue weighted by Crippen LogP contribution is 2.43. The van der Waals surface area contributed by atoms with Crippen molar-refractivity contribution in [3.63, 3.8) is 0 Å². The Labute approximate surface area is 88.1 Å². The number of carbonyl (C=O) groups excluding carboxylic acids is 1. The van der Waals surface area contributed by atoms with Crippen molar-refractivity contribution in [2.45, 2.75) is 31.3 Å². The predicted octanol–water partition coefficient (Wildman–Crippen LogP) is -0.0709. The molecule has 5 nitrogen and oxygen atoms in total. The number of nitrogens with two attached hydrogens (primary N) is 1. The summed E-state index contributed by atoms with van der Waals surface area (Å²) in [5, 5.41) is 2.89. The highest BCUT2D eigenvalue weighted by atomic mass is 16.2. The molecular formula is C10H14N4O. The average molecular weight is 206 g/mol. The molecule has 1 aromatic rings. The van der Waals surface area contributed by atoms with Gasteiger partial charge in [-0.2, -0.15) is 0 Å². The van der Waals surface area contributed by atoms with E-state index in [-0.39, 0.29) is 11.4 Å². The molecule has 15 heavy (non-hydrogen) atoms. The lowest BCUT2D eigenvalue weighted by molar-refractivity contribution is -0.123. The molecule has 0 aliphatic heterocycles. The molecule has 1 aromatic heterocycles. The Hall–Kier alpha value is -1.49. The summed E-state index contributed by atoms with van der Waals surface area (Å²) in [5.41, 5.74) is 5.14. The number of nitrogens with one attached hydrogen (secondary N) is 1. The number of aromatic nitrogens is 2. The van der Waals surface area contributed by atoms with Crippen molar-refractivity contribution >= 4 is 5.91 Å². The Morgan fingerprint density at radius 3 is 2.60 bits per heavy atom. The molecule has 1 heterocycles. The van der Waals surface area contributed by atoms with Gasteiger partial charge in [0.15, 0.2) is 5.82 Å². The Kier molecular flexibility index (Phi) is 2.40. The molecule has 1 saturated carbocycles. The molecule has 0 spiro atoms. The van der Waals surface area contributed by atoms with Crippen molar-refractivity contribution in [1.29, 1.82) is 0 Å². The van der Waals surface area contributed by atoms with Crippen molar-refractivity contribution in [1.82, 2.24) is 15.3 Å². The highest BCUT2D eigenvalue weighted by Gasteiger charge is 2.48. The van der Waals surface area contributed by atoms with Gasteiger partial charge in [-0.15, -0.1) is 0 Å². The number of rotatable bonds is 3. The lowest BCUT2D eigenvalue weighted by Gasteiger charge is -2.17. The van der Waals surface area contributed by atoms with Crippen LogP contribution in [0.2, 0.25) is 0 Å². The number of nitrogens with zero attached hydrogens (tertiary/aromatic N) is 2. The first-order chi connectivity index (χ1) is 7.14. The third-order valence-electron chi connectivity index (χ3n) is 2.52. The molecule has 80 valence electrons. The van der Waals surface area contributed by atoms with Crippen LogP contribution >= 0.6 is 0 Å². The minimum absolute atomic E-state index is 0.153. The Balaban J connectivity index is 2.12. The second-order valence-corrected chi connectivity index (χ2v) is 3.93. The summed E-state index contributed by atoms with van der Waals surface area (Å²) >= 11 is 0. The number of hydrogen-bond acceptors (Lipinski definition) is 4. The van der Waals surface area contributed by atoms with Crippen LogP contribution in [0.15, 0.2) is 18.5 Å². The van der Waals surface area contributed by atoms with Crippen LogP contribution in [-0.4, -0.2) is 21.9 Å². The monoisotopic (exact) mass is 206 g/mol. The van der Waals surface area contributed by atoms with Crippen LogP contribution in [0.5, 0.6) is 0 Å². The maximum absolute atomic E-state index is 11.5. The molecule has 1 amide bonds. The van der Waals surface area contributed by atoms with E-state index in [0.717, 1.165) is 12.8 Å². The fourth-order valence-corrected chi connectivity index (χ4v) is 1.43. The predicted molar refractivity (Wildman–Crippen MR) is 54.7 cm³/mol. The molecule has 1 aliphatic rings. The first-order valence-electron chi connectivity index (χ1n) is 4.99. The van der Waals surface area contributed by atoms with E-state index in [9.17, 15) is 4.79 Å². The Morgan fingerprint density at radius 2 is 2.13 bits per heavy atom. The first-order valence-corrected chi connectivity index (χ1v) is 4.99. The summed E-state index contributed by atoms with van der Waals surface area (Å²) in [4.78, 5) is 19.8. The van der Waals surface area contributed by atoms with Gasteiger partial charge >= 0.3 is 0 Å². The van der Waals surface area contributed by atoms with Crippen molar-refractivity contribution in [3.05, 3.63) is 24.3 Å². The molecule has 0 saturated heterocycles. The summed E-state index contributed by atoms with van der Waals surface area (Å²) in [6, 6.07) is 1.26. The van der Waals surface area contributed by atoms with E-state index < -0.39 is 6.04 Å². The first kappa shape index (κ1) is 10.0. The zero-order valence-corrected chi connectivity index (χ0v) is 8.60. The molecular weight excluding hydrogens is 192 g/mol. The van der Waals surface area contributed by atoms with E-state index in [1.165, 1.54) is 0 Å². The third-order valence-corrected chi connectivity index (χ3v) is 2.52. The van der Waals surface area contributed by atoms with Crippen LogP contribution in [0.25, 0.3) is 0 Å². The maximum Gasteiger partial charge on any atom is 0.237 e. The molecule has 0 bridgehead atoms. The van der Waals surface area contributed by atoms with Gasteiger partial charge in [0.25, 0.3) is 0 Å². The van der Waals surface area contributed by atoms with Crippen LogP contribution in [0.1, 0.15) is 25.6 Å². The molecule has 0 radical (unpaired) electrons. The zero-order valence-electron chi connectivity index (χ0n) is 8.60. The molecule has 3 N–H and O–H groups in total. The minimum Gasteiger partial charge on any atom is -0.342 e. The van der Waals surface area contributed by atoms with Crippen molar-refractivity contribution < 1.29 is 4.79 Å². The zero-order chi connectivity index (χ0) is 10.9. The summed E-state index contributed by atoms with van der Waals surface area (Å²) in [7, 11) is 0. The second-order valence-electron chi connectivity index (χ2n) is 3.93. The Bertz CT molecular complexity index is 359. The van der Waals surface area contributed by atoms with E-state index in [4.69, 9.17) is 5.73 Å². The third kappa shape index (κ3) is 1.97. The van der Waals surface area contributed by atoms with E-state index in [0.29, 0.717) is 5.82 Å². The van der Waals surface area contributed by atoms with Gasteiger partial charge in [-0.05, 0) is 25.8 Å². The fourth-order valence-electron chi connectivity index (χ4n) is 1.43. The standard InChI is InChI=1S/C10H14N4O/c1-7(11)8(15)14-10(3-4-10)9-12-5-2-6-13-9/h2,5-7H,3-4,11H2,1H3,(H,14,15). The molecule has 5 heteroatoms. The molecule has 1 aliphatic carbocycles. The SMILES string of the molecule is CC(N)C(=O)NC1(c2ncccn2)CC1. The van der Waals surface area contributed by atoms with Crippen LogP contribution in [0.4, 0.5) is 0 Å². The fraction of sp³-hybridized carbons (Fsp3) is 0.500. The van der Waals surface area contributed by atoms with Gasteiger partial charge in [-0.1, -0.05) is 0 Å². The quantitative estimate of drug-likeness (QED) is 0.725. The molecule has 1 fully saturated rings. The van der Waals surface area contributed by atoms with Crippen LogP contribution < -0.4 is 11.1 Å². The molecule has 2 rings (SSSR count). The van der Waals surface area contributed by atoms with Gasteiger partial charge in [0.1, 0.15) is 0 Å². The summed E-state index contributed by atoms with van der Waals surface area (Å²) in [5.74, 6) is 0.527. The lowest BCUT2D eigenvalue weighted by atomic mass is 10.2. The Morgan fingerprint density at radius 1 is 1.53 bits per heavy atom. The summed E-state index contributed by atoms with van der Waals surface area (Å²) in [6.07, 6.45) is 5.13. The van der Waals surface area contributed by atoms with Gasteiger partial charge in [0.2, 0.25) is 5.91 Å². The normalized spacial score (nSPS) is 19.3. The lowest BCUT2D eigenvalue weighted by Crippen LogP contribution is -2.44. The number of amides is 1. The van der Waals surface area contributed by atoms with Gasteiger partial charge in [0.05, 0.1) is 11.6 Å². The van der Waals surface area contributed by atoms with Crippen molar-refractivity contribution in [2.75, 3.05) is 0 Å². The average Bonchev–Trinajstić information content (AvgIpc) is 3.00. The minimum atomic E-state index is -0.494. The number of hydrogen-bond donors (Lipinski definition) is 2. The van der Waals surface area contributed by atoms with Crippen LogP contribution in [0, 0.1) is 0 Å². The number of carbonyl (C=O) groups is 1. The second kappa shape index (κ2) is 3.58. The van der Waals surface area contributed by atoms with E-state index >= 15 is 0 Å². The highest BCUT2D eigenvalue weighted by molar-refractivity contribution is 5.82. The van der Waals surface area contributed by atoms with Gasteiger partial charge in [-0.3, -0.25) is 4.79 Å². The van der Waals surface area contributed by atoms with E-state index in [1.54, 1.807) is 25.4 Å². The smallest absolute Gasteiger partial charge is 0.237 e. The van der Waals surface area contributed by atoms with Gasteiger partial charge in [-0.25, -0.2) is 9.97 Å². The van der Waals surface area contributed by atoms with Gasteiger partial charge in [0, 0.05) is 12.4 Å². The molecule has 0 aromatic carbocycles. The van der Waals surface area contributed by atoms with Crippen molar-refractivity contribution in [2.24, 2.45) is 5.73 Å². The van der Waals surface area contributed by atoms with E-state index in [1.807, 2.05) is 0 Å². The summed E-state index contributed by atoms with van der Waals surface area (Å²) in [6.45, 7) is 1.66. The maximum atomic E-state index is 11.5. The van der Waals surface area contributed by atoms with Crippen molar-refractivity contribution in [3.8, 4) is 0 Å². The largest absolute Gasteiger partial charge is 0.342 e. The summed E-state index contributed by atoms with van der Waals surface area (Å²) < 4.78 is 0. The van der Waals surface area contributed by atoms with E-state index in [2.05, 4.69) is 15.3 Å². The van der Waals surface area contributed by atoms with Gasteiger partial charge < -0.3 is 11.1 Å². The van der Waals surface area contributed by atoms with Crippen LogP contribution in [-0.2, 0) is 10.3 Å².